The Hall–Kier alpha value is -1.26. The monoisotopic (exact) mass is 324 g/mol. The van der Waals surface area contributed by atoms with Crippen LogP contribution in [-0.2, 0) is 4.79 Å². The minimum atomic E-state index is 0. The van der Waals surface area contributed by atoms with E-state index in [1.807, 2.05) is 23.1 Å². The molecule has 1 unspecified atom stereocenters. The van der Waals surface area contributed by atoms with Crippen LogP contribution in [0.5, 0.6) is 5.75 Å². The molecule has 1 saturated heterocycles. The van der Waals surface area contributed by atoms with E-state index in [2.05, 4.69) is 11.4 Å². The number of methoxy groups -OCH3 is 1. The number of carbonyl (C=O) groups excluding carboxylic acids is 1. The lowest BCUT2D eigenvalue weighted by Crippen LogP contribution is -2.49. The molecule has 0 radical (unpaired) electrons. The zero-order valence-corrected chi connectivity index (χ0v) is 13.9. The molecule has 0 spiro atoms. The maximum Gasteiger partial charge on any atom is 0.223 e. The molecule has 0 aromatic heterocycles. The Balaban J connectivity index is 0.00000176. The lowest BCUT2D eigenvalue weighted by atomic mass is 9.82. The largest absolute Gasteiger partial charge is 0.496 e. The first kappa shape index (κ1) is 17.1. The Morgan fingerprint density at radius 2 is 2.14 bits per heavy atom. The lowest BCUT2D eigenvalue weighted by Gasteiger charge is -2.38. The van der Waals surface area contributed by atoms with Gasteiger partial charge in [-0.15, -0.1) is 12.4 Å². The summed E-state index contributed by atoms with van der Waals surface area (Å²) in [5.74, 6) is 1.79. The molecule has 1 amide bonds. The fourth-order valence-electron chi connectivity index (χ4n) is 3.28. The van der Waals surface area contributed by atoms with E-state index in [1.54, 1.807) is 7.11 Å². The Labute approximate surface area is 138 Å². The molecule has 1 heterocycles. The number of nitrogens with zero attached hydrogens (tertiary/aromatic N) is 1. The molecule has 22 heavy (non-hydrogen) atoms. The highest BCUT2D eigenvalue weighted by molar-refractivity contribution is 5.85. The van der Waals surface area contributed by atoms with Crippen molar-refractivity contribution in [3.63, 3.8) is 0 Å². The van der Waals surface area contributed by atoms with E-state index in [4.69, 9.17) is 4.74 Å². The molecule has 0 bridgehead atoms. The minimum absolute atomic E-state index is 0. The summed E-state index contributed by atoms with van der Waals surface area (Å²) in [4.78, 5) is 14.7. The van der Waals surface area contributed by atoms with Crippen LogP contribution in [0.25, 0.3) is 0 Å². The second kappa shape index (κ2) is 7.84. The van der Waals surface area contributed by atoms with Crippen LogP contribution in [0.4, 0.5) is 0 Å². The number of hydrogen-bond acceptors (Lipinski definition) is 3. The summed E-state index contributed by atoms with van der Waals surface area (Å²) >= 11 is 0. The second-order valence-corrected chi connectivity index (χ2v) is 6.05. The van der Waals surface area contributed by atoms with Gasteiger partial charge in [0.15, 0.2) is 0 Å². The summed E-state index contributed by atoms with van der Waals surface area (Å²) in [6.07, 6.45) is 4.44. The van der Waals surface area contributed by atoms with Gasteiger partial charge in [-0.05, 0) is 24.8 Å². The van der Waals surface area contributed by atoms with E-state index >= 15 is 0 Å². The number of para-hydroxylation sites is 1. The molecule has 2 fully saturated rings. The number of nitrogens with one attached hydrogen (secondary N) is 1. The molecule has 1 aromatic rings. The molecule has 1 atom stereocenters. The fourth-order valence-corrected chi connectivity index (χ4v) is 3.28. The predicted molar refractivity (Wildman–Crippen MR) is 89.5 cm³/mol. The average Bonchev–Trinajstić information content (AvgIpc) is 2.50. The van der Waals surface area contributed by atoms with Gasteiger partial charge in [-0.25, -0.2) is 0 Å². The second-order valence-electron chi connectivity index (χ2n) is 6.05. The van der Waals surface area contributed by atoms with Gasteiger partial charge in [0, 0.05) is 31.6 Å². The number of carbonyl (C=O) groups is 1. The zero-order valence-electron chi connectivity index (χ0n) is 13.1. The van der Waals surface area contributed by atoms with Crippen molar-refractivity contribution in [3.8, 4) is 5.75 Å². The molecule has 4 nitrogen and oxygen atoms in total. The van der Waals surface area contributed by atoms with Crippen LogP contribution in [0.2, 0.25) is 0 Å². The van der Waals surface area contributed by atoms with Gasteiger partial charge in [0.05, 0.1) is 13.2 Å². The average molecular weight is 325 g/mol. The van der Waals surface area contributed by atoms with Crippen LogP contribution >= 0.6 is 12.4 Å². The van der Waals surface area contributed by atoms with Gasteiger partial charge < -0.3 is 15.0 Å². The Morgan fingerprint density at radius 3 is 2.82 bits per heavy atom. The highest BCUT2D eigenvalue weighted by Crippen LogP contribution is 2.34. The van der Waals surface area contributed by atoms with E-state index in [1.165, 1.54) is 19.3 Å². The van der Waals surface area contributed by atoms with Crippen molar-refractivity contribution in [1.82, 2.24) is 10.2 Å². The maximum absolute atomic E-state index is 12.6. The quantitative estimate of drug-likeness (QED) is 0.926. The van der Waals surface area contributed by atoms with Crippen molar-refractivity contribution < 1.29 is 9.53 Å². The van der Waals surface area contributed by atoms with Crippen molar-refractivity contribution in [2.24, 2.45) is 5.92 Å². The van der Waals surface area contributed by atoms with Crippen molar-refractivity contribution in [2.45, 2.75) is 31.7 Å². The Bertz CT molecular complexity index is 505. The first-order valence-corrected chi connectivity index (χ1v) is 7.92. The zero-order chi connectivity index (χ0) is 14.7. The van der Waals surface area contributed by atoms with Gasteiger partial charge in [0.2, 0.25) is 5.91 Å². The summed E-state index contributed by atoms with van der Waals surface area (Å²) < 4.78 is 5.47. The third-order valence-corrected chi connectivity index (χ3v) is 4.75. The van der Waals surface area contributed by atoms with Crippen LogP contribution < -0.4 is 10.1 Å². The van der Waals surface area contributed by atoms with Gasteiger partial charge in [0.1, 0.15) is 5.75 Å². The maximum atomic E-state index is 12.6. The molecule has 1 N–H and O–H groups in total. The van der Waals surface area contributed by atoms with Crippen molar-refractivity contribution >= 4 is 18.3 Å². The number of halogens is 1. The predicted octanol–water partition coefficient (Wildman–Crippen LogP) is 2.78. The van der Waals surface area contributed by atoms with Gasteiger partial charge in [0.25, 0.3) is 0 Å². The normalized spacial score (nSPS) is 21.7. The molecule has 3 rings (SSSR count). The van der Waals surface area contributed by atoms with E-state index in [9.17, 15) is 4.79 Å². The Kier molecular flexibility index (Phi) is 6.09. The van der Waals surface area contributed by atoms with E-state index in [0.717, 1.165) is 30.9 Å². The van der Waals surface area contributed by atoms with E-state index in [0.29, 0.717) is 18.2 Å². The molecule has 1 saturated carbocycles. The summed E-state index contributed by atoms with van der Waals surface area (Å²) in [7, 11) is 1.69. The first-order valence-electron chi connectivity index (χ1n) is 7.92. The van der Waals surface area contributed by atoms with E-state index in [-0.39, 0.29) is 18.4 Å². The van der Waals surface area contributed by atoms with Gasteiger partial charge in [-0.2, -0.15) is 0 Å². The summed E-state index contributed by atoms with van der Waals surface area (Å²) in [5.41, 5.74) is 1.11. The van der Waals surface area contributed by atoms with Gasteiger partial charge in [-0.1, -0.05) is 24.6 Å². The molecular formula is C17H25ClN2O2. The van der Waals surface area contributed by atoms with Crippen molar-refractivity contribution in [3.05, 3.63) is 29.8 Å². The number of ether oxygens (including phenoxy) is 1. The Morgan fingerprint density at radius 1 is 1.36 bits per heavy atom. The molecule has 5 heteroatoms. The first-order chi connectivity index (χ1) is 10.3. The number of rotatable bonds is 4. The molecular weight excluding hydrogens is 300 g/mol. The summed E-state index contributed by atoms with van der Waals surface area (Å²) in [6, 6.07) is 8.11. The number of piperazine rings is 1. The standard InChI is InChI=1S/C17H24N2O2.ClH/c1-21-16-8-3-2-7-14(16)15-12-18-9-10-19(15)17(20)11-13-5-4-6-13;/h2-3,7-8,13,15,18H,4-6,9-12H2,1H3;1H. The highest BCUT2D eigenvalue weighted by Gasteiger charge is 2.31. The lowest BCUT2D eigenvalue weighted by molar-refractivity contribution is -0.136. The van der Waals surface area contributed by atoms with Crippen molar-refractivity contribution in [1.29, 1.82) is 0 Å². The molecule has 1 aliphatic heterocycles. The molecule has 2 aliphatic rings. The van der Waals surface area contributed by atoms with Crippen LogP contribution in [0.15, 0.2) is 24.3 Å². The third-order valence-electron chi connectivity index (χ3n) is 4.75. The van der Waals surface area contributed by atoms with Crippen LogP contribution in [0.3, 0.4) is 0 Å². The van der Waals surface area contributed by atoms with Crippen molar-refractivity contribution in [2.75, 3.05) is 26.7 Å². The van der Waals surface area contributed by atoms with Gasteiger partial charge in [-0.3, -0.25) is 4.79 Å². The number of amides is 1. The van der Waals surface area contributed by atoms with Crippen LogP contribution in [-0.4, -0.2) is 37.6 Å². The summed E-state index contributed by atoms with van der Waals surface area (Å²) in [6.45, 7) is 2.47. The summed E-state index contributed by atoms with van der Waals surface area (Å²) in [5, 5.41) is 3.40. The third kappa shape index (κ3) is 3.55. The molecule has 1 aromatic carbocycles. The smallest absolute Gasteiger partial charge is 0.223 e. The molecule has 1 aliphatic carbocycles. The molecule has 122 valence electrons. The van der Waals surface area contributed by atoms with Crippen LogP contribution in [0.1, 0.15) is 37.3 Å². The SMILES string of the molecule is COc1ccccc1C1CNCCN1C(=O)CC1CCC1.Cl. The van der Waals surface area contributed by atoms with Gasteiger partial charge >= 0.3 is 0 Å². The highest BCUT2D eigenvalue weighted by atomic mass is 35.5. The van der Waals surface area contributed by atoms with Crippen LogP contribution in [0, 0.1) is 5.92 Å². The minimum Gasteiger partial charge on any atom is -0.496 e. The topological polar surface area (TPSA) is 41.6 Å². The number of benzene rings is 1. The fraction of sp³-hybridized carbons (Fsp3) is 0.588. The van der Waals surface area contributed by atoms with E-state index < -0.39 is 0 Å². The number of hydrogen-bond donors (Lipinski definition) is 1.